The number of hydrogen-bond donors (Lipinski definition) is 2. The SMILES string of the molecule is CCN1CCC[C@H]1CN(Cc1cc2ccc(C)c(C)c2[nH]c1=O)C(=S)Nc1cccc(C)c1C. The predicted molar refractivity (Wildman–Crippen MR) is 147 cm³/mol. The van der Waals surface area contributed by atoms with Gasteiger partial charge in [0.25, 0.3) is 5.56 Å². The van der Waals surface area contributed by atoms with Crippen LogP contribution in [0.15, 0.2) is 41.2 Å². The van der Waals surface area contributed by atoms with Gasteiger partial charge in [-0.2, -0.15) is 0 Å². The molecule has 1 aliphatic heterocycles. The van der Waals surface area contributed by atoms with E-state index in [-0.39, 0.29) is 5.56 Å². The van der Waals surface area contributed by atoms with Crippen LogP contribution in [0.25, 0.3) is 10.9 Å². The summed E-state index contributed by atoms with van der Waals surface area (Å²) in [6.07, 6.45) is 2.36. The number of nitrogens with zero attached hydrogens (tertiary/aromatic N) is 2. The van der Waals surface area contributed by atoms with Gasteiger partial charge < -0.3 is 15.2 Å². The molecule has 1 fully saturated rings. The van der Waals surface area contributed by atoms with E-state index in [0.29, 0.717) is 17.7 Å². The number of aromatic nitrogens is 1. The first-order valence-corrected chi connectivity index (χ1v) is 12.7. The third-order valence-electron chi connectivity index (χ3n) is 7.46. The number of hydrogen-bond acceptors (Lipinski definition) is 3. The Labute approximate surface area is 208 Å². The minimum absolute atomic E-state index is 0.0421. The van der Waals surface area contributed by atoms with E-state index in [1.165, 1.54) is 23.1 Å². The zero-order valence-corrected chi connectivity index (χ0v) is 21.8. The lowest BCUT2D eigenvalue weighted by Crippen LogP contribution is -2.45. The normalized spacial score (nSPS) is 16.2. The molecular formula is C28H36N4OS. The molecule has 6 heteroatoms. The Kier molecular flexibility index (Phi) is 7.39. The average Bonchev–Trinajstić information content (AvgIpc) is 3.27. The summed E-state index contributed by atoms with van der Waals surface area (Å²) in [5.41, 5.74) is 7.35. The Bertz CT molecular complexity index is 1270. The molecule has 0 spiro atoms. The standard InChI is InChI=1S/C28H36N4OS/c1-6-31-14-8-10-24(31)17-32(28(34)29-25-11-7-9-18(2)20(25)4)16-23-15-22-13-12-19(3)21(5)26(22)30-27(23)33/h7,9,11-13,15,24H,6,8,10,14,16-17H2,1-5H3,(H,29,34)(H,30,33)/t24-/m0/s1. The Morgan fingerprint density at radius 2 is 1.91 bits per heavy atom. The lowest BCUT2D eigenvalue weighted by molar-refractivity contribution is 0.221. The quantitative estimate of drug-likeness (QED) is 0.464. The van der Waals surface area contributed by atoms with Crippen LogP contribution in [0.3, 0.4) is 0 Å². The molecule has 1 aromatic heterocycles. The monoisotopic (exact) mass is 476 g/mol. The van der Waals surface area contributed by atoms with Crippen LogP contribution in [0.5, 0.6) is 0 Å². The number of anilines is 1. The zero-order valence-electron chi connectivity index (χ0n) is 21.0. The Morgan fingerprint density at radius 3 is 2.68 bits per heavy atom. The van der Waals surface area contributed by atoms with Crippen molar-refractivity contribution >= 4 is 33.9 Å². The molecule has 0 unspecified atom stereocenters. The summed E-state index contributed by atoms with van der Waals surface area (Å²) >= 11 is 5.93. The van der Waals surface area contributed by atoms with Crippen molar-refractivity contribution in [2.24, 2.45) is 0 Å². The number of thiocarbonyl (C=S) groups is 1. The number of pyridine rings is 1. The van der Waals surface area contributed by atoms with Crippen molar-refractivity contribution in [1.82, 2.24) is 14.8 Å². The van der Waals surface area contributed by atoms with Gasteiger partial charge in [-0.3, -0.25) is 9.69 Å². The fourth-order valence-electron chi connectivity index (χ4n) is 4.97. The molecule has 34 heavy (non-hydrogen) atoms. The molecule has 1 aliphatic rings. The molecule has 180 valence electrons. The van der Waals surface area contributed by atoms with Gasteiger partial charge in [-0.1, -0.05) is 31.2 Å². The maximum Gasteiger partial charge on any atom is 0.253 e. The van der Waals surface area contributed by atoms with Gasteiger partial charge >= 0.3 is 0 Å². The highest BCUT2D eigenvalue weighted by molar-refractivity contribution is 7.80. The van der Waals surface area contributed by atoms with E-state index in [2.05, 4.69) is 79.0 Å². The van der Waals surface area contributed by atoms with Crippen LogP contribution >= 0.6 is 12.2 Å². The summed E-state index contributed by atoms with van der Waals surface area (Å²) in [7, 11) is 0. The van der Waals surface area contributed by atoms with Gasteiger partial charge in [0, 0.05) is 23.8 Å². The molecular weight excluding hydrogens is 440 g/mol. The summed E-state index contributed by atoms with van der Waals surface area (Å²) < 4.78 is 0. The molecule has 2 heterocycles. The number of aromatic amines is 1. The van der Waals surface area contributed by atoms with E-state index >= 15 is 0 Å². The molecule has 5 nitrogen and oxygen atoms in total. The molecule has 0 amide bonds. The molecule has 4 rings (SSSR count). The highest BCUT2D eigenvalue weighted by Gasteiger charge is 2.27. The number of likely N-dealkylation sites (tertiary alicyclic amines) is 1. The first kappa shape index (κ1) is 24.4. The molecule has 0 saturated carbocycles. The molecule has 1 saturated heterocycles. The molecule has 2 N–H and O–H groups in total. The molecule has 2 aromatic carbocycles. The summed E-state index contributed by atoms with van der Waals surface area (Å²) in [6.45, 7) is 14.0. The van der Waals surface area contributed by atoms with E-state index in [4.69, 9.17) is 12.2 Å². The zero-order chi connectivity index (χ0) is 24.4. The third-order valence-corrected chi connectivity index (χ3v) is 7.82. The van der Waals surface area contributed by atoms with Crippen molar-refractivity contribution in [3.63, 3.8) is 0 Å². The number of likely N-dealkylation sites (N-methyl/N-ethyl adjacent to an activating group) is 1. The summed E-state index contributed by atoms with van der Waals surface area (Å²) in [4.78, 5) is 20.9. The molecule has 3 aromatic rings. The maximum absolute atomic E-state index is 13.1. The van der Waals surface area contributed by atoms with Crippen LogP contribution < -0.4 is 10.9 Å². The summed E-state index contributed by atoms with van der Waals surface area (Å²) in [5.74, 6) is 0. The van der Waals surface area contributed by atoms with Gasteiger partial charge in [-0.15, -0.1) is 0 Å². The summed E-state index contributed by atoms with van der Waals surface area (Å²) in [5, 5.41) is 5.20. The van der Waals surface area contributed by atoms with Crippen molar-refractivity contribution < 1.29 is 0 Å². The maximum atomic E-state index is 13.1. The van der Waals surface area contributed by atoms with Crippen LogP contribution in [-0.4, -0.2) is 45.6 Å². The second-order valence-corrected chi connectivity index (χ2v) is 9.96. The van der Waals surface area contributed by atoms with E-state index in [1.807, 2.05) is 12.1 Å². The van der Waals surface area contributed by atoms with Crippen LogP contribution in [0.2, 0.25) is 0 Å². The van der Waals surface area contributed by atoms with Crippen molar-refractivity contribution in [3.8, 4) is 0 Å². The van der Waals surface area contributed by atoms with Crippen LogP contribution in [0.1, 0.15) is 47.6 Å². The van der Waals surface area contributed by atoms with Crippen LogP contribution in [-0.2, 0) is 6.54 Å². The van der Waals surface area contributed by atoms with Gasteiger partial charge in [-0.25, -0.2) is 0 Å². The average molecular weight is 477 g/mol. The van der Waals surface area contributed by atoms with Crippen LogP contribution in [0, 0.1) is 27.7 Å². The Balaban J connectivity index is 1.65. The summed E-state index contributed by atoms with van der Waals surface area (Å²) in [6, 6.07) is 12.9. The van der Waals surface area contributed by atoms with E-state index in [1.54, 1.807) is 0 Å². The first-order chi connectivity index (χ1) is 16.3. The Morgan fingerprint density at radius 1 is 1.15 bits per heavy atom. The fraction of sp³-hybridized carbons (Fsp3) is 0.429. The second-order valence-electron chi connectivity index (χ2n) is 9.58. The van der Waals surface area contributed by atoms with Crippen LogP contribution in [0.4, 0.5) is 5.69 Å². The predicted octanol–water partition coefficient (Wildman–Crippen LogP) is 5.45. The molecule has 0 aliphatic carbocycles. The lowest BCUT2D eigenvalue weighted by Gasteiger charge is -2.32. The van der Waals surface area contributed by atoms with Gasteiger partial charge in [-0.05, 0) is 106 Å². The molecule has 0 bridgehead atoms. The number of benzene rings is 2. The first-order valence-electron chi connectivity index (χ1n) is 12.3. The van der Waals surface area contributed by atoms with Crippen molar-refractivity contribution in [2.45, 2.75) is 60.0 Å². The van der Waals surface area contributed by atoms with E-state index in [0.717, 1.165) is 53.8 Å². The topological polar surface area (TPSA) is 51.4 Å². The van der Waals surface area contributed by atoms with Crippen molar-refractivity contribution in [2.75, 3.05) is 25.0 Å². The van der Waals surface area contributed by atoms with Gasteiger partial charge in [0.2, 0.25) is 0 Å². The smallest absolute Gasteiger partial charge is 0.253 e. The minimum Gasteiger partial charge on any atom is -0.343 e. The van der Waals surface area contributed by atoms with E-state index in [9.17, 15) is 4.79 Å². The van der Waals surface area contributed by atoms with Crippen molar-refractivity contribution in [3.05, 3.63) is 74.6 Å². The van der Waals surface area contributed by atoms with E-state index < -0.39 is 0 Å². The largest absolute Gasteiger partial charge is 0.343 e. The fourth-order valence-corrected chi connectivity index (χ4v) is 5.21. The van der Waals surface area contributed by atoms with Gasteiger partial charge in [0.05, 0.1) is 12.1 Å². The van der Waals surface area contributed by atoms with Gasteiger partial charge in [0.1, 0.15) is 0 Å². The molecule has 0 radical (unpaired) electrons. The number of aryl methyl sites for hydroxylation is 3. The van der Waals surface area contributed by atoms with Crippen molar-refractivity contribution in [1.29, 1.82) is 0 Å². The number of rotatable bonds is 6. The Hall–Kier alpha value is -2.70. The highest BCUT2D eigenvalue weighted by Crippen LogP contribution is 2.23. The number of nitrogens with one attached hydrogen (secondary N) is 2. The molecule has 1 atom stereocenters. The highest BCUT2D eigenvalue weighted by atomic mass is 32.1. The third kappa shape index (κ3) is 5.03. The second kappa shape index (κ2) is 10.3. The number of fused-ring (bicyclic) bond motifs is 1. The minimum atomic E-state index is -0.0421. The van der Waals surface area contributed by atoms with Gasteiger partial charge in [0.15, 0.2) is 5.11 Å². The lowest BCUT2D eigenvalue weighted by atomic mass is 10.0. The number of H-pyrrole nitrogens is 1.